The molecule has 0 saturated heterocycles. The second-order valence-electron chi connectivity index (χ2n) is 11.6. The summed E-state index contributed by atoms with van der Waals surface area (Å²) in [7, 11) is 0. The number of rotatable bonds is 27. The number of benzene rings is 2. The van der Waals surface area contributed by atoms with Gasteiger partial charge in [0.05, 0.1) is 77.2 Å². The lowest BCUT2D eigenvalue weighted by Crippen LogP contribution is -2.29. The summed E-state index contributed by atoms with van der Waals surface area (Å²) >= 11 is 0. The Morgan fingerprint density at radius 1 is 0.536 bits per heavy atom. The SMILES string of the molecule is CCOC(=O)C(C#N)=Cc1c(OCC)cc(N(CC)CCOCCOCCN(CC)c2cc(OCC)c(C=C(C#N)C(=O)OCC)c(OCC)c2)cc1OCC. The Bertz CT molecular complexity index is 1520. The summed E-state index contributed by atoms with van der Waals surface area (Å²) in [6, 6.07) is 11.3. The summed E-state index contributed by atoms with van der Waals surface area (Å²) in [5, 5.41) is 19.3. The van der Waals surface area contributed by atoms with E-state index in [9.17, 15) is 20.1 Å². The van der Waals surface area contributed by atoms with E-state index in [1.54, 1.807) is 13.8 Å². The molecule has 0 unspecified atom stereocenters. The first kappa shape index (κ1) is 46.7. The topological polar surface area (TPSA) is 162 Å². The van der Waals surface area contributed by atoms with Crippen molar-refractivity contribution in [2.75, 3.05) is 102 Å². The van der Waals surface area contributed by atoms with Gasteiger partial charge in [-0.05, 0) is 67.5 Å². The van der Waals surface area contributed by atoms with Gasteiger partial charge < -0.3 is 47.7 Å². The molecular weight excluding hydrogens is 720 g/mol. The number of likely N-dealkylation sites (N-methyl/N-ethyl adjacent to an activating group) is 2. The van der Waals surface area contributed by atoms with Crippen molar-refractivity contribution in [3.8, 4) is 35.1 Å². The van der Waals surface area contributed by atoms with E-state index in [0.717, 1.165) is 11.4 Å². The molecule has 2 aromatic rings. The Kier molecular flexibility index (Phi) is 22.0. The lowest BCUT2D eigenvalue weighted by atomic mass is 10.1. The Balaban J connectivity index is 2.08. The molecule has 0 atom stereocenters. The summed E-state index contributed by atoms with van der Waals surface area (Å²) in [5.41, 5.74) is 2.38. The number of carbonyl (C=O) groups excluding carboxylic acids is 2. The van der Waals surface area contributed by atoms with E-state index in [1.165, 1.54) is 12.2 Å². The minimum Gasteiger partial charge on any atom is -0.493 e. The average molecular weight is 779 g/mol. The number of anilines is 2. The van der Waals surface area contributed by atoms with Crippen LogP contribution in [-0.4, -0.2) is 104 Å². The number of esters is 2. The van der Waals surface area contributed by atoms with Gasteiger partial charge in [0.2, 0.25) is 0 Å². The number of nitrogens with zero attached hydrogens (tertiary/aromatic N) is 4. The molecule has 14 heteroatoms. The number of ether oxygens (including phenoxy) is 8. The molecule has 0 aliphatic carbocycles. The van der Waals surface area contributed by atoms with Crippen LogP contribution in [-0.2, 0) is 28.5 Å². The summed E-state index contributed by atoms with van der Waals surface area (Å²) in [5.74, 6) is 0.518. The largest absolute Gasteiger partial charge is 0.493 e. The summed E-state index contributed by atoms with van der Waals surface area (Å²) < 4.78 is 45.7. The summed E-state index contributed by atoms with van der Waals surface area (Å²) in [4.78, 5) is 29.0. The van der Waals surface area contributed by atoms with Crippen LogP contribution in [0.3, 0.4) is 0 Å². The molecule has 0 radical (unpaired) electrons. The van der Waals surface area contributed by atoms with E-state index in [0.29, 0.717) is 113 Å². The lowest BCUT2D eigenvalue weighted by molar-refractivity contribution is -0.138. The Morgan fingerprint density at radius 2 is 0.857 bits per heavy atom. The molecule has 56 heavy (non-hydrogen) atoms. The fourth-order valence-electron chi connectivity index (χ4n) is 5.51. The second-order valence-corrected chi connectivity index (χ2v) is 11.6. The van der Waals surface area contributed by atoms with Crippen LogP contribution in [0.1, 0.15) is 66.5 Å². The molecule has 306 valence electrons. The van der Waals surface area contributed by atoms with Gasteiger partial charge in [-0.15, -0.1) is 0 Å². The van der Waals surface area contributed by atoms with Gasteiger partial charge in [0.25, 0.3) is 0 Å². The van der Waals surface area contributed by atoms with Gasteiger partial charge in [0.15, 0.2) is 0 Å². The number of hydrogen-bond donors (Lipinski definition) is 0. The van der Waals surface area contributed by atoms with Crippen molar-refractivity contribution < 1.29 is 47.5 Å². The van der Waals surface area contributed by atoms with Crippen molar-refractivity contribution >= 4 is 35.5 Å². The summed E-state index contributed by atoms with van der Waals surface area (Å²) in [6.45, 7) is 20.9. The van der Waals surface area contributed by atoms with Crippen molar-refractivity contribution in [2.45, 2.75) is 55.4 Å². The molecule has 0 aliphatic rings. The first-order valence-corrected chi connectivity index (χ1v) is 19.3. The van der Waals surface area contributed by atoms with E-state index in [1.807, 2.05) is 77.9 Å². The molecule has 0 aromatic heterocycles. The van der Waals surface area contributed by atoms with Gasteiger partial charge in [-0.1, -0.05) is 0 Å². The first-order valence-electron chi connectivity index (χ1n) is 19.3. The van der Waals surface area contributed by atoms with Crippen LogP contribution in [0.15, 0.2) is 35.4 Å². The average Bonchev–Trinajstić information content (AvgIpc) is 3.18. The van der Waals surface area contributed by atoms with Crippen molar-refractivity contribution in [1.29, 1.82) is 10.5 Å². The molecule has 0 fully saturated rings. The van der Waals surface area contributed by atoms with Gasteiger partial charge in [-0.3, -0.25) is 0 Å². The fraction of sp³-hybridized carbons (Fsp3) is 0.524. The number of nitriles is 2. The fourth-order valence-corrected chi connectivity index (χ4v) is 5.51. The van der Waals surface area contributed by atoms with Crippen LogP contribution < -0.4 is 28.7 Å². The van der Waals surface area contributed by atoms with Gasteiger partial charge in [-0.2, -0.15) is 10.5 Å². The molecule has 0 N–H and O–H groups in total. The van der Waals surface area contributed by atoms with Gasteiger partial charge in [0, 0.05) is 61.8 Å². The molecule has 0 bridgehead atoms. The summed E-state index contributed by atoms with van der Waals surface area (Å²) in [6.07, 6.45) is 2.90. The van der Waals surface area contributed by atoms with Crippen molar-refractivity contribution in [2.24, 2.45) is 0 Å². The smallest absolute Gasteiger partial charge is 0.348 e. The maximum atomic E-state index is 12.4. The van der Waals surface area contributed by atoms with Gasteiger partial charge >= 0.3 is 11.9 Å². The molecule has 0 saturated carbocycles. The molecule has 2 rings (SSSR count). The maximum Gasteiger partial charge on any atom is 0.348 e. The third-order valence-corrected chi connectivity index (χ3v) is 8.06. The van der Waals surface area contributed by atoms with Crippen LogP contribution >= 0.6 is 0 Å². The normalized spacial score (nSPS) is 11.2. The molecule has 0 spiro atoms. The second kappa shape index (κ2) is 26.4. The van der Waals surface area contributed by atoms with E-state index < -0.39 is 11.9 Å². The Labute approximate surface area is 332 Å². The van der Waals surface area contributed by atoms with E-state index >= 15 is 0 Å². The van der Waals surface area contributed by atoms with Crippen LogP contribution in [0.25, 0.3) is 12.2 Å². The third-order valence-electron chi connectivity index (χ3n) is 8.06. The zero-order valence-corrected chi connectivity index (χ0v) is 34.2. The Hall–Kier alpha value is -5.44. The van der Waals surface area contributed by atoms with Gasteiger partial charge in [-0.25, -0.2) is 9.59 Å². The number of hydrogen-bond acceptors (Lipinski definition) is 14. The molecule has 2 aromatic carbocycles. The maximum absolute atomic E-state index is 12.4. The molecule has 0 heterocycles. The van der Waals surface area contributed by atoms with Crippen molar-refractivity contribution in [3.63, 3.8) is 0 Å². The van der Waals surface area contributed by atoms with Crippen LogP contribution in [0.2, 0.25) is 0 Å². The predicted molar refractivity (Wildman–Crippen MR) is 215 cm³/mol. The highest BCUT2D eigenvalue weighted by Gasteiger charge is 2.20. The molecule has 0 amide bonds. The molecular formula is C42H58N4O10. The highest BCUT2D eigenvalue weighted by atomic mass is 16.5. The monoisotopic (exact) mass is 778 g/mol. The highest BCUT2D eigenvalue weighted by molar-refractivity contribution is 5.99. The van der Waals surface area contributed by atoms with Crippen molar-refractivity contribution in [3.05, 3.63) is 46.5 Å². The zero-order chi connectivity index (χ0) is 41.3. The molecule has 0 aliphatic heterocycles. The van der Waals surface area contributed by atoms with Crippen molar-refractivity contribution in [1.82, 2.24) is 0 Å². The van der Waals surface area contributed by atoms with E-state index in [4.69, 9.17) is 37.9 Å². The Morgan fingerprint density at radius 3 is 1.11 bits per heavy atom. The predicted octanol–water partition coefficient (Wildman–Crippen LogP) is 6.61. The lowest BCUT2D eigenvalue weighted by Gasteiger charge is -2.26. The zero-order valence-electron chi connectivity index (χ0n) is 34.2. The van der Waals surface area contributed by atoms with Crippen LogP contribution in [0.5, 0.6) is 23.0 Å². The van der Waals surface area contributed by atoms with E-state index in [-0.39, 0.29) is 24.4 Å². The minimum atomic E-state index is -0.709. The number of carbonyl (C=O) groups is 2. The van der Waals surface area contributed by atoms with Gasteiger partial charge in [0.1, 0.15) is 46.3 Å². The van der Waals surface area contributed by atoms with Crippen LogP contribution in [0, 0.1) is 22.7 Å². The standard InChI is InChI=1S/C42H58N4O10/c1-9-45(33-25-37(51-11-3)35(38(26-33)52-12-4)23-31(29-43)41(47)55-15-7)17-19-49-21-22-50-20-18-46(10-2)34-27-39(53-13-5)36(40(28-34)54-14-6)24-32(30-44)42(48)56-16-8/h23-28H,9-22H2,1-8H3. The quantitative estimate of drug-likeness (QED) is 0.0412. The first-order chi connectivity index (χ1) is 27.2. The van der Waals surface area contributed by atoms with Crippen LogP contribution in [0.4, 0.5) is 11.4 Å². The molecule has 14 nitrogen and oxygen atoms in total. The van der Waals surface area contributed by atoms with E-state index in [2.05, 4.69) is 9.80 Å². The highest BCUT2D eigenvalue weighted by Crippen LogP contribution is 2.38. The minimum absolute atomic E-state index is 0.148. The third kappa shape index (κ3) is 14.3.